The Bertz CT molecular complexity index is 489. The van der Waals surface area contributed by atoms with E-state index in [1.807, 2.05) is 11.4 Å². The number of hydrogen-bond donors (Lipinski definition) is 1. The van der Waals surface area contributed by atoms with Gasteiger partial charge in [0, 0.05) is 19.4 Å². The molecule has 0 atom stereocenters. The van der Waals surface area contributed by atoms with Crippen molar-refractivity contribution in [2.24, 2.45) is 0 Å². The summed E-state index contributed by atoms with van der Waals surface area (Å²) < 4.78 is 1.83. The van der Waals surface area contributed by atoms with Gasteiger partial charge in [0.2, 0.25) is 5.13 Å². The minimum absolute atomic E-state index is 0.563. The lowest BCUT2D eigenvalue weighted by atomic mass is 10.1. The van der Waals surface area contributed by atoms with Crippen molar-refractivity contribution in [1.82, 2.24) is 10.1 Å². The van der Waals surface area contributed by atoms with Crippen molar-refractivity contribution < 1.29 is 4.52 Å². The predicted octanol–water partition coefficient (Wildman–Crippen LogP) is 1.04. The minimum atomic E-state index is 0.563. The summed E-state index contributed by atoms with van der Waals surface area (Å²) in [6.07, 6.45) is 0.977. The second-order valence-corrected chi connectivity index (χ2v) is 4.24. The van der Waals surface area contributed by atoms with E-state index >= 15 is 0 Å². The topological polar surface area (TPSA) is 55.9 Å². The van der Waals surface area contributed by atoms with Gasteiger partial charge >= 0.3 is 4.96 Å². The summed E-state index contributed by atoms with van der Waals surface area (Å²) in [5.74, 6) is 0. The van der Waals surface area contributed by atoms with Crippen molar-refractivity contribution in [3.8, 4) is 0 Å². The molecule has 0 aliphatic heterocycles. The van der Waals surface area contributed by atoms with Crippen molar-refractivity contribution in [2.45, 2.75) is 27.2 Å². The summed E-state index contributed by atoms with van der Waals surface area (Å²) in [6, 6.07) is 0. The van der Waals surface area contributed by atoms with Crippen molar-refractivity contribution >= 4 is 21.4 Å². The highest BCUT2D eigenvalue weighted by molar-refractivity contribution is 7.19. The minimum Gasteiger partial charge on any atom is -0.372 e. The third-order valence-electron chi connectivity index (χ3n) is 2.38. The zero-order chi connectivity index (χ0) is 10.3. The fourth-order valence-electron chi connectivity index (χ4n) is 1.70. The number of hydrogen-bond acceptors (Lipinski definition) is 4. The Hall–Kier alpha value is -1.23. The summed E-state index contributed by atoms with van der Waals surface area (Å²) in [5.41, 5.74) is 9.12. The van der Waals surface area contributed by atoms with Crippen LogP contribution in [0.3, 0.4) is 0 Å². The van der Waals surface area contributed by atoms with Gasteiger partial charge in [-0.15, -0.1) is 0 Å². The fraction of sp³-hybridized carbons (Fsp3) is 0.444. The molecule has 0 spiro atoms. The van der Waals surface area contributed by atoms with Gasteiger partial charge in [0.15, 0.2) is 5.69 Å². The molecule has 0 amide bonds. The van der Waals surface area contributed by atoms with Crippen LogP contribution in [0.5, 0.6) is 0 Å². The van der Waals surface area contributed by atoms with Crippen molar-refractivity contribution in [3.05, 3.63) is 17.0 Å². The van der Waals surface area contributed by atoms with Gasteiger partial charge in [0.05, 0.1) is 0 Å². The predicted molar refractivity (Wildman–Crippen MR) is 56.3 cm³/mol. The molecule has 0 aliphatic rings. The van der Waals surface area contributed by atoms with Crippen LogP contribution in [0.25, 0.3) is 4.96 Å². The Kier molecular flexibility index (Phi) is 2.11. The van der Waals surface area contributed by atoms with Crippen LogP contribution >= 0.6 is 11.3 Å². The summed E-state index contributed by atoms with van der Waals surface area (Å²) in [6.45, 7) is 6.21. The van der Waals surface area contributed by atoms with Crippen LogP contribution in [0.2, 0.25) is 0 Å². The third-order valence-corrected chi connectivity index (χ3v) is 3.12. The fourth-order valence-corrected chi connectivity index (χ4v) is 2.46. The molecule has 0 aliphatic carbocycles. The van der Waals surface area contributed by atoms with Gasteiger partial charge in [0.1, 0.15) is 5.69 Å². The molecule has 2 N–H and O–H groups in total. The molecule has 0 saturated carbocycles. The normalized spacial score (nSPS) is 11.1. The average molecular weight is 209 g/mol. The van der Waals surface area contributed by atoms with E-state index in [4.69, 9.17) is 5.73 Å². The van der Waals surface area contributed by atoms with Gasteiger partial charge < -0.3 is 5.73 Å². The molecule has 0 aromatic carbocycles. The van der Waals surface area contributed by atoms with Gasteiger partial charge in [-0.2, -0.15) is 0 Å². The molecule has 2 heterocycles. The number of nitrogen functional groups attached to an aromatic ring is 1. The highest BCUT2D eigenvalue weighted by atomic mass is 32.1. The van der Waals surface area contributed by atoms with Gasteiger partial charge in [0.25, 0.3) is 0 Å². The van der Waals surface area contributed by atoms with Gasteiger partial charge in [-0.1, -0.05) is 11.4 Å². The Morgan fingerprint density at radius 2 is 2.14 bits per heavy atom. The van der Waals surface area contributed by atoms with Gasteiger partial charge in [-0.05, 0) is 27.8 Å². The van der Waals surface area contributed by atoms with E-state index in [1.165, 1.54) is 16.9 Å². The maximum Gasteiger partial charge on any atom is 0.411 e. The van der Waals surface area contributed by atoms with Crippen LogP contribution in [0.1, 0.15) is 23.9 Å². The van der Waals surface area contributed by atoms with Crippen molar-refractivity contribution in [1.29, 1.82) is 0 Å². The van der Waals surface area contributed by atoms with Crippen LogP contribution in [-0.2, 0) is 6.42 Å². The first kappa shape index (κ1) is 9.33. The second kappa shape index (κ2) is 3.16. The zero-order valence-corrected chi connectivity index (χ0v) is 9.35. The Morgan fingerprint density at radius 3 is 2.79 bits per heavy atom. The smallest absolute Gasteiger partial charge is 0.372 e. The number of fused-ring (bicyclic) bond motifs is 1. The molecule has 4 nitrogen and oxygen atoms in total. The van der Waals surface area contributed by atoms with Gasteiger partial charge in [-0.25, -0.2) is 0 Å². The quantitative estimate of drug-likeness (QED) is 0.714. The number of nitrogens with zero attached hydrogens (tertiary/aromatic N) is 3. The number of aryl methyl sites for hydroxylation is 2. The standard InChI is InChI=1S/C9H13N4S/c1-4-7-5(2)11-9-13(6(7)3)12-8(10)14-9/h4H2,1-3H3,(H2,10,12)/q+1. The summed E-state index contributed by atoms with van der Waals surface area (Å²) in [4.78, 5) is 5.34. The van der Waals surface area contributed by atoms with E-state index in [9.17, 15) is 0 Å². The molecule has 14 heavy (non-hydrogen) atoms. The maximum atomic E-state index is 5.65. The average Bonchev–Trinajstić information content (AvgIpc) is 2.47. The summed E-state index contributed by atoms with van der Waals surface area (Å²) >= 11 is 1.42. The molecule has 74 valence electrons. The molecular formula is C9H13N4S+. The van der Waals surface area contributed by atoms with E-state index in [-0.39, 0.29) is 0 Å². The Morgan fingerprint density at radius 1 is 1.43 bits per heavy atom. The van der Waals surface area contributed by atoms with E-state index in [2.05, 4.69) is 23.9 Å². The number of nitrogens with two attached hydrogens (primary N) is 1. The Balaban J connectivity index is 2.84. The number of anilines is 1. The first-order valence-electron chi connectivity index (χ1n) is 4.58. The lowest BCUT2D eigenvalue weighted by Gasteiger charge is -1.98. The van der Waals surface area contributed by atoms with E-state index in [1.54, 1.807) is 0 Å². The maximum absolute atomic E-state index is 5.65. The van der Waals surface area contributed by atoms with Crippen molar-refractivity contribution in [2.75, 3.05) is 5.73 Å². The van der Waals surface area contributed by atoms with Crippen LogP contribution in [0, 0.1) is 13.8 Å². The number of rotatable bonds is 1. The highest BCUT2D eigenvalue weighted by Crippen LogP contribution is 2.15. The molecule has 2 aromatic rings. The Labute approximate surface area is 86.4 Å². The SMILES string of the molecule is CCc1c(C)nc2sc(N)n[n+]2c1C. The highest BCUT2D eigenvalue weighted by Gasteiger charge is 2.19. The van der Waals surface area contributed by atoms with E-state index < -0.39 is 0 Å². The molecule has 0 unspecified atom stereocenters. The van der Waals surface area contributed by atoms with Gasteiger partial charge in [-0.3, -0.25) is 0 Å². The molecule has 2 rings (SSSR count). The third kappa shape index (κ3) is 1.24. The number of aromatic nitrogens is 3. The van der Waals surface area contributed by atoms with Crippen LogP contribution in [0.4, 0.5) is 5.13 Å². The molecule has 0 bridgehead atoms. The van der Waals surface area contributed by atoms with E-state index in [0.29, 0.717) is 5.13 Å². The molecule has 0 saturated heterocycles. The first-order chi connectivity index (χ1) is 6.63. The molecule has 5 heteroatoms. The lowest BCUT2D eigenvalue weighted by Crippen LogP contribution is -2.30. The first-order valence-corrected chi connectivity index (χ1v) is 5.39. The second-order valence-electron chi connectivity index (χ2n) is 3.25. The molecule has 0 fully saturated rings. The van der Waals surface area contributed by atoms with Crippen LogP contribution in [-0.4, -0.2) is 10.1 Å². The molecular weight excluding hydrogens is 196 g/mol. The monoisotopic (exact) mass is 209 g/mol. The molecule has 2 aromatic heterocycles. The summed E-state index contributed by atoms with van der Waals surface area (Å²) in [7, 11) is 0. The molecule has 0 radical (unpaired) electrons. The lowest BCUT2D eigenvalue weighted by molar-refractivity contribution is -0.584. The zero-order valence-electron chi connectivity index (χ0n) is 8.53. The van der Waals surface area contributed by atoms with Crippen molar-refractivity contribution in [3.63, 3.8) is 0 Å². The summed E-state index contributed by atoms with van der Waals surface area (Å²) in [5, 5.41) is 4.78. The van der Waals surface area contributed by atoms with Crippen LogP contribution in [0.15, 0.2) is 0 Å². The van der Waals surface area contributed by atoms with E-state index in [0.717, 1.165) is 22.8 Å². The van der Waals surface area contributed by atoms with Crippen LogP contribution < -0.4 is 10.2 Å². The largest absolute Gasteiger partial charge is 0.411 e.